The number of hydrogen-bond acceptors (Lipinski definition) is 5. The summed E-state index contributed by atoms with van der Waals surface area (Å²) in [6, 6.07) is 18.3. The minimum Gasteiger partial charge on any atom is -0.350 e. The molecule has 4 aromatic rings. The highest BCUT2D eigenvalue weighted by molar-refractivity contribution is 5.96. The van der Waals surface area contributed by atoms with Crippen LogP contribution >= 0.6 is 0 Å². The van der Waals surface area contributed by atoms with E-state index in [9.17, 15) is 19.3 Å². The molecule has 4 rings (SSSR count). The Bertz CT molecular complexity index is 1310. The predicted octanol–water partition coefficient (Wildman–Crippen LogP) is 4.73. The molecule has 0 aliphatic rings. The summed E-state index contributed by atoms with van der Waals surface area (Å²) < 4.78 is 15.6. The summed E-state index contributed by atoms with van der Waals surface area (Å²) >= 11 is 0. The summed E-state index contributed by atoms with van der Waals surface area (Å²) in [7, 11) is 1.76. The van der Waals surface area contributed by atoms with Crippen LogP contribution in [0.25, 0.3) is 0 Å². The van der Waals surface area contributed by atoms with E-state index in [0.29, 0.717) is 17.1 Å². The van der Waals surface area contributed by atoms with Crippen LogP contribution in [-0.2, 0) is 7.05 Å². The van der Waals surface area contributed by atoms with E-state index >= 15 is 0 Å². The molecule has 3 aromatic carbocycles. The normalized spacial score (nSPS) is 11.6. The lowest BCUT2D eigenvalue weighted by molar-refractivity contribution is -0.383. The minimum absolute atomic E-state index is 0.0934. The van der Waals surface area contributed by atoms with Crippen molar-refractivity contribution in [2.45, 2.75) is 6.04 Å². The van der Waals surface area contributed by atoms with Gasteiger partial charge in [0, 0.05) is 36.8 Å². The number of rotatable bonds is 7. The SMILES string of the molecule is Cn1ccnc1[C@@H](NC(=O)c1ccc(Nc2ccccc2)c([N+](=O)[O-])c1)c1cccc(F)c1. The fraction of sp³-hybridized carbons (Fsp3) is 0.0833. The molecule has 33 heavy (non-hydrogen) atoms. The first-order valence-corrected chi connectivity index (χ1v) is 10.1. The van der Waals surface area contributed by atoms with Crippen molar-refractivity contribution in [2.75, 3.05) is 5.32 Å². The summed E-state index contributed by atoms with van der Waals surface area (Å²) in [6.07, 6.45) is 3.28. The van der Waals surface area contributed by atoms with Crippen LogP contribution < -0.4 is 10.6 Å². The Labute approximate surface area is 188 Å². The van der Waals surface area contributed by atoms with Crippen molar-refractivity contribution in [3.63, 3.8) is 0 Å². The number of para-hydroxylation sites is 1. The number of halogens is 1. The fourth-order valence-electron chi connectivity index (χ4n) is 3.46. The zero-order valence-corrected chi connectivity index (χ0v) is 17.6. The van der Waals surface area contributed by atoms with E-state index in [2.05, 4.69) is 15.6 Å². The van der Waals surface area contributed by atoms with Crippen molar-refractivity contribution >= 4 is 23.0 Å². The Kier molecular flexibility index (Phi) is 6.12. The number of carbonyl (C=O) groups excluding carboxylic acids is 1. The largest absolute Gasteiger partial charge is 0.350 e. The first kappa shape index (κ1) is 21.7. The maximum absolute atomic E-state index is 13.9. The van der Waals surface area contributed by atoms with Crippen molar-refractivity contribution in [1.29, 1.82) is 0 Å². The molecule has 8 nitrogen and oxygen atoms in total. The van der Waals surface area contributed by atoms with Gasteiger partial charge in [0.2, 0.25) is 0 Å². The molecule has 0 saturated carbocycles. The molecule has 1 atom stereocenters. The molecular weight excluding hydrogens is 425 g/mol. The van der Waals surface area contributed by atoms with E-state index < -0.39 is 22.7 Å². The molecule has 1 amide bonds. The highest BCUT2D eigenvalue weighted by atomic mass is 19.1. The highest BCUT2D eigenvalue weighted by Gasteiger charge is 2.24. The standard InChI is InChI=1S/C24H20FN5O3/c1-29-13-12-26-23(29)22(16-6-5-7-18(25)14-16)28-24(31)17-10-11-20(21(15-17)30(32)33)27-19-8-3-2-4-9-19/h2-15,22,27H,1H3,(H,28,31)/t22-/m0/s1. The van der Waals surface area contributed by atoms with Crippen LogP contribution in [-0.4, -0.2) is 20.4 Å². The summed E-state index contributed by atoms with van der Waals surface area (Å²) in [6.45, 7) is 0. The van der Waals surface area contributed by atoms with Gasteiger partial charge in [0.15, 0.2) is 0 Å². The maximum atomic E-state index is 13.9. The van der Waals surface area contributed by atoms with Gasteiger partial charge in [-0.2, -0.15) is 0 Å². The van der Waals surface area contributed by atoms with Gasteiger partial charge in [-0.3, -0.25) is 14.9 Å². The van der Waals surface area contributed by atoms with Crippen molar-refractivity contribution in [3.8, 4) is 0 Å². The number of hydrogen-bond donors (Lipinski definition) is 2. The molecule has 0 bridgehead atoms. The number of anilines is 2. The van der Waals surface area contributed by atoms with Crippen LogP contribution in [0.1, 0.15) is 27.8 Å². The number of aryl methyl sites for hydroxylation is 1. The number of benzene rings is 3. The van der Waals surface area contributed by atoms with Crippen LogP contribution in [0, 0.1) is 15.9 Å². The average Bonchev–Trinajstić information content (AvgIpc) is 3.23. The molecule has 0 saturated heterocycles. The third-order valence-electron chi connectivity index (χ3n) is 5.08. The second-order valence-electron chi connectivity index (χ2n) is 7.34. The van der Waals surface area contributed by atoms with E-state index in [1.165, 1.54) is 30.3 Å². The number of nitrogens with zero attached hydrogens (tertiary/aromatic N) is 3. The minimum atomic E-state index is -0.755. The van der Waals surface area contributed by atoms with Crippen LogP contribution in [0.5, 0.6) is 0 Å². The van der Waals surface area contributed by atoms with Gasteiger partial charge in [0.25, 0.3) is 11.6 Å². The maximum Gasteiger partial charge on any atom is 0.293 e. The van der Waals surface area contributed by atoms with E-state index in [0.717, 1.165) is 0 Å². The Morgan fingerprint density at radius 2 is 1.88 bits per heavy atom. The molecule has 2 N–H and O–H groups in total. The molecule has 0 aliphatic carbocycles. The molecule has 0 unspecified atom stereocenters. The van der Waals surface area contributed by atoms with Crippen molar-refractivity contribution < 1.29 is 14.1 Å². The zero-order valence-electron chi connectivity index (χ0n) is 17.6. The summed E-state index contributed by atoms with van der Waals surface area (Å²) in [5.74, 6) is -0.514. The molecule has 1 aromatic heterocycles. The molecule has 1 heterocycles. The van der Waals surface area contributed by atoms with Gasteiger partial charge in [-0.1, -0.05) is 30.3 Å². The predicted molar refractivity (Wildman–Crippen MR) is 122 cm³/mol. The van der Waals surface area contributed by atoms with E-state index in [1.54, 1.807) is 60.4 Å². The number of nitro benzene ring substituents is 1. The lowest BCUT2D eigenvalue weighted by Crippen LogP contribution is -2.31. The Morgan fingerprint density at radius 1 is 1.09 bits per heavy atom. The summed E-state index contributed by atoms with van der Waals surface area (Å²) in [5.41, 5.74) is 1.28. The quantitative estimate of drug-likeness (QED) is 0.316. The third-order valence-corrected chi connectivity index (χ3v) is 5.08. The van der Waals surface area contributed by atoms with Gasteiger partial charge in [0.05, 0.1) is 4.92 Å². The fourth-order valence-corrected chi connectivity index (χ4v) is 3.46. The van der Waals surface area contributed by atoms with Gasteiger partial charge in [0.1, 0.15) is 23.4 Å². The lowest BCUT2D eigenvalue weighted by atomic mass is 10.0. The second-order valence-corrected chi connectivity index (χ2v) is 7.34. The first-order valence-electron chi connectivity index (χ1n) is 10.1. The van der Waals surface area contributed by atoms with E-state index in [1.807, 2.05) is 6.07 Å². The lowest BCUT2D eigenvalue weighted by Gasteiger charge is -2.19. The monoisotopic (exact) mass is 445 g/mol. The van der Waals surface area contributed by atoms with Crippen molar-refractivity contribution in [2.24, 2.45) is 7.05 Å². The van der Waals surface area contributed by atoms with Crippen LogP contribution in [0.15, 0.2) is 85.2 Å². The summed E-state index contributed by atoms with van der Waals surface area (Å²) in [5, 5.41) is 17.5. The number of imidazole rings is 1. The van der Waals surface area contributed by atoms with E-state index in [-0.39, 0.29) is 16.9 Å². The second kappa shape index (κ2) is 9.31. The van der Waals surface area contributed by atoms with Gasteiger partial charge in [-0.05, 0) is 42.0 Å². The Morgan fingerprint density at radius 3 is 2.55 bits per heavy atom. The zero-order chi connectivity index (χ0) is 23.4. The molecule has 0 spiro atoms. The van der Waals surface area contributed by atoms with Crippen molar-refractivity contribution in [3.05, 3.63) is 118 Å². The molecular formula is C24H20FN5O3. The van der Waals surface area contributed by atoms with Crippen LogP contribution in [0.2, 0.25) is 0 Å². The number of nitrogens with one attached hydrogen (secondary N) is 2. The molecule has 166 valence electrons. The van der Waals surface area contributed by atoms with Gasteiger partial charge >= 0.3 is 0 Å². The molecule has 0 aliphatic heterocycles. The molecule has 9 heteroatoms. The molecule has 0 radical (unpaired) electrons. The van der Waals surface area contributed by atoms with Crippen LogP contribution in [0.3, 0.4) is 0 Å². The number of amides is 1. The number of aromatic nitrogens is 2. The first-order chi connectivity index (χ1) is 15.9. The smallest absolute Gasteiger partial charge is 0.293 e. The third kappa shape index (κ3) is 4.87. The van der Waals surface area contributed by atoms with Gasteiger partial charge in [-0.25, -0.2) is 9.37 Å². The number of nitro groups is 1. The Hall–Kier alpha value is -4.53. The van der Waals surface area contributed by atoms with Crippen LogP contribution in [0.4, 0.5) is 21.5 Å². The van der Waals surface area contributed by atoms with E-state index in [4.69, 9.17) is 0 Å². The Balaban J connectivity index is 1.65. The number of carbonyl (C=O) groups is 1. The topological polar surface area (TPSA) is 102 Å². The summed E-state index contributed by atoms with van der Waals surface area (Å²) in [4.78, 5) is 28.5. The van der Waals surface area contributed by atoms with Gasteiger partial charge < -0.3 is 15.2 Å². The van der Waals surface area contributed by atoms with Crippen molar-refractivity contribution in [1.82, 2.24) is 14.9 Å². The molecule has 0 fully saturated rings. The average molecular weight is 445 g/mol. The highest BCUT2D eigenvalue weighted by Crippen LogP contribution is 2.29. The van der Waals surface area contributed by atoms with Gasteiger partial charge in [-0.15, -0.1) is 0 Å².